The van der Waals surface area contributed by atoms with Gasteiger partial charge < -0.3 is 20.1 Å². The zero-order valence-corrected chi connectivity index (χ0v) is 16.5. The Morgan fingerprint density at radius 1 is 1.29 bits per heavy atom. The maximum Gasteiger partial charge on any atom is 0.220 e. The number of carbonyl (C=O) groups is 1. The molecule has 1 aromatic carbocycles. The Hall–Kier alpha value is -2.01. The molecule has 4 saturated carbocycles. The number of H-pyrrole nitrogens is 1. The fraction of sp³-hybridized carbons (Fsp3) is 0.609. The van der Waals surface area contributed by atoms with Gasteiger partial charge in [-0.1, -0.05) is 0 Å². The summed E-state index contributed by atoms with van der Waals surface area (Å²) in [7, 11) is 1.67. The van der Waals surface area contributed by atoms with E-state index >= 15 is 0 Å². The highest BCUT2D eigenvalue weighted by Crippen LogP contribution is 2.59. The van der Waals surface area contributed by atoms with Gasteiger partial charge in [-0.2, -0.15) is 0 Å². The van der Waals surface area contributed by atoms with Crippen LogP contribution in [-0.4, -0.2) is 35.3 Å². The lowest BCUT2D eigenvalue weighted by molar-refractivity contribution is -0.176. The number of hydrogen-bond acceptors (Lipinski definition) is 3. The maximum atomic E-state index is 12.6. The molecule has 0 radical (unpaired) electrons. The van der Waals surface area contributed by atoms with Crippen molar-refractivity contribution < 1.29 is 14.6 Å². The van der Waals surface area contributed by atoms with Crippen LogP contribution in [0.2, 0.25) is 0 Å². The molecule has 5 heteroatoms. The monoisotopic (exact) mass is 382 g/mol. The largest absolute Gasteiger partial charge is 0.497 e. The normalized spacial score (nSPS) is 33.4. The van der Waals surface area contributed by atoms with Crippen molar-refractivity contribution in [1.29, 1.82) is 0 Å². The fourth-order valence-corrected chi connectivity index (χ4v) is 6.56. The minimum absolute atomic E-state index is 0.0864. The second-order valence-electron chi connectivity index (χ2n) is 9.35. The summed E-state index contributed by atoms with van der Waals surface area (Å²) >= 11 is 0. The molecule has 1 heterocycles. The topological polar surface area (TPSA) is 74.3 Å². The zero-order valence-electron chi connectivity index (χ0n) is 16.5. The van der Waals surface area contributed by atoms with Crippen LogP contribution < -0.4 is 10.1 Å². The highest BCUT2D eigenvalue weighted by molar-refractivity contribution is 5.84. The van der Waals surface area contributed by atoms with Crippen LogP contribution in [-0.2, 0) is 11.2 Å². The van der Waals surface area contributed by atoms with E-state index in [2.05, 4.69) is 10.3 Å². The van der Waals surface area contributed by atoms with Gasteiger partial charge in [-0.15, -0.1) is 0 Å². The highest BCUT2D eigenvalue weighted by atomic mass is 16.5. The second kappa shape index (κ2) is 6.80. The van der Waals surface area contributed by atoms with Crippen molar-refractivity contribution >= 4 is 16.8 Å². The predicted octanol–water partition coefficient (Wildman–Crippen LogP) is 3.41. The Balaban J connectivity index is 1.18. The predicted molar refractivity (Wildman–Crippen MR) is 108 cm³/mol. The summed E-state index contributed by atoms with van der Waals surface area (Å²) in [6.45, 7) is 0.615. The number of benzene rings is 1. The lowest BCUT2D eigenvalue weighted by Gasteiger charge is -2.58. The van der Waals surface area contributed by atoms with E-state index in [1.165, 1.54) is 24.8 Å². The van der Waals surface area contributed by atoms with E-state index in [0.717, 1.165) is 35.9 Å². The second-order valence-corrected chi connectivity index (χ2v) is 9.35. The first-order chi connectivity index (χ1) is 13.5. The highest BCUT2D eigenvalue weighted by Gasteiger charge is 2.56. The number of rotatable bonds is 6. The summed E-state index contributed by atoms with van der Waals surface area (Å²) in [4.78, 5) is 15.9. The van der Waals surface area contributed by atoms with E-state index in [1.807, 2.05) is 24.4 Å². The van der Waals surface area contributed by atoms with Gasteiger partial charge in [-0.3, -0.25) is 4.79 Å². The van der Waals surface area contributed by atoms with E-state index in [9.17, 15) is 9.90 Å². The van der Waals surface area contributed by atoms with Gasteiger partial charge in [0.15, 0.2) is 0 Å². The number of methoxy groups -OCH3 is 1. The first-order valence-electron chi connectivity index (χ1n) is 10.7. The standard InChI is InChI=1S/C23H30N2O3/c1-28-18-2-3-21-19(9-18)16(13-25-21)4-5-24-22(26)10-20-17-7-14-6-15(8-17)12-23(20,27)11-14/h2-3,9,13-15,17,20,25,27H,4-8,10-12H2,1H3,(H,24,26). The molecule has 3 N–H and O–H groups in total. The SMILES string of the molecule is COc1ccc2[nH]cc(CCNC(=O)CC3C4CC5CC(C4)CC3(O)C5)c2c1. The van der Waals surface area contributed by atoms with Gasteiger partial charge in [-0.25, -0.2) is 0 Å². The molecule has 0 spiro atoms. The minimum Gasteiger partial charge on any atom is -0.497 e. The summed E-state index contributed by atoms with van der Waals surface area (Å²) in [6, 6.07) is 6.00. The molecule has 5 nitrogen and oxygen atoms in total. The van der Waals surface area contributed by atoms with Crippen LogP contribution in [0.4, 0.5) is 0 Å². The number of aliphatic hydroxyl groups is 1. The molecule has 4 fully saturated rings. The summed E-state index contributed by atoms with van der Waals surface area (Å²) in [5, 5.41) is 15.4. The molecule has 4 bridgehead atoms. The Labute approximate surface area is 165 Å². The number of aromatic nitrogens is 1. The molecule has 6 rings (SSSR count). The molecular formula is C23H30N2O3. The average molecular weight is 383 g/mol. The fourth-order valence-electron chi connectivity index (χ4n) is 6.56. The van der Waals surface area contributed by atoms with Crippen LogP contribution in [0.1, 0.15) is 44.1 Å². The number of aromatic amines is 1. The Bertz CT molecular complexity index is 875. The van der Waals surface area contributed by atoms with Crippen molar-refractivity contribution in [2.24, 2.45) is 23.7 Å². The number of ether oxygens (including phenoxy) is 1. The minimum atomic E-state index is -0.584. The van der Waals surface area contributed by atoms with Gasteiger partial charge in [0.1, 0.15) is 5.75 Å². The summed E-state index contributed by atoms with van der Waals surface area (Å²) < 4.78 is 5.32. The van der Waals surface area contributed by atoms with Gasteiger partial charge in [0.25, 0.3) is 0 Å². The summed E-state index contributed by atoms with van der Waals surface area (Å²) in [5.74, 6) is 3.01. The molecule has 4 aliphatic rings. The summed E-state index contributed by atoms with van der Waals surface area (Å²) in [6.07, 6.45) is 8.82. The molecule has 0 saturated heterocycles. The maximum absolute atomic E-state index is 12.6. The third kappa shape index (κ3) is 3.10. The van der Waals surface area contributed by atoms with E-state index in [1.54, 1.807) is 7.11 Å². The summed E-state index contributed by atoms with van der Waals surface area (Å²) in [5.41, 5.74) is 1.68. The van der Waals surface area contributed by atoms with Gasteiger partial charge in [0.2, 0.25) is 5.91 Å². The van der Waals surface area contributed by atoms with Crippen LogP contribution in [0.25, 0.3) is 10.9 Å². The molecule has 28 heavy (non-hydrogen) atoms. The van der Waals surface area contributed by atoms with Crippen LogP contribution >= 0.6 is 0 Å². The van der Waals surface area contributed by atoms with Crippen molar-refractivity contribution in [2.75, 3.05) is 13.7 Å². The van der Waals surface area contributed by atoms with Gasteiger partial charge in [0, 0.05) is 30.1 Å². The zero-order chi connectivity index (χ0) is 19.3. The quantitative estimate of drug-likeness (QED) is 0.717. The smallest absolute Gasteiger partial charge is 0.220 e. The molecule has 4 aliphatic carbocycles. The first-order valence-corrected chi connectivity index (χ1v) is 10.7. The van der Waals surface area contributed by atoms with E-state index in [4.69, 9.17) is 4.74 Å². The lowest BCUT2D eigenvalue weighted by atomic mass is 9.49. The molecule has 1 aromatic heterocycles. The van der Waals surface area contributed by atoms with Gasteiger partial charge in [-0.05, 0) is 86.0 Å². The Kier molecular flexibility index (Phi) is 4.38. The van der Waals surface area contributed by atoms with Crippen molar-refractivity contribution in [3.8, 4) is 5.75 Å². The van der Waals surface area contributed by atoms with E-state index in [0.29, 0.717) is 30.7 Å². The van der Waals surface area contributed by atoms with Crippen LogP contribution in [0, 0.1) is 23.7 Å². The number of amides is 1. The van der Waals surface area contributed by atoms with Gasteiger partial charge in [0.05, 0.1) is 12.7 Å². The molecule has 150 valence electrons. The third-order valence-electron chi connectivity index (χ3n) is 7.58. The number of fused-ring (bicyclic) bond motifs is 1. The number of hydrogen-bond donors (Lipinski definition) is 3. The molecular weight excluding hydrogens is 352 g/mol. The van der Waals surface area contributed by atoms with Crippen molar-refractivity contribution in [1.82, 2.24) is 10.3 Å². The number of carbonyl (C=O) groups excluding carboxylic acids is 1. The Morgan fingerprint density at radius 3 is 2.79 bits per heavy atom. The van der Waals surface area contributed by atoms with Crippen LogP contribution in [0.15, 0.2) is 24.4 Å². The van der Waals surface area contributed by atoms with Crippen LogP contribution in [0.3, 0.4) is 0 Å². The van der Waals surface area contributed by atoms with E-state index < -0.39 is 5.60 Å². The Morgan fingerprint density at radius 2 is 2.07 bits per heavy atom. The van der Waals surface area contributed by atoms with Crippen molar-refractivity contribution in [3.63, 3.8) is 0 Å². The molecule has 3 atom stereocenters. The molecule has 3 unspecified atom stereocenters. The third-order valence-corrected chi connectivity index (χ3v) is 7.58. The van der Waals surface area contributed by atoms with Crippen molar-refractivity contribution in [2.45, 2.75) is 50.5 Å². The lowest BCUT2D eigenvalue weighted by Crippen LogP contribution is -2.58. The molecule has 1 amide bonds. The molecule has 0 aliphatic heterocycles. The number of nitrogens with one attached hydrogen (secondary N) is 2. The van der Waals surface area contributed by atoms with Crippen LogP contribution in [0.5, 0.6) is 5.75 Å². The van der Waals surface area contributed by atoms with Crippen molar-refractivity contribution in [3.05, 3.63) is 30.0 Å². The van der Waals surface area contributed by atoms with Gasteiger partial charge >= 0.3 is 0 Å². The molecule has 2 aromatic rings. The average Bonchev–Trinajstić information content (AvgIpc) is 3.06. The van der Waals surface area contributed by atoms with E-state index in [-0.39, 0.29) is 11.8 Å². The first kappa shape index (κ1) is 18.0.